The Hall–Kier alpha value is -0.870. The number of hydrogen-bond acceptors (Lipinski definition) is 5. The van der Waals surface area contributed by atoms with Gasteiger partial charge in [-0.2, -0.15) is 0 Å². The van der Waals surface area contributed by atoms with Gasteiger partial charge in [0.05, 0.1) is 27.7 Å². The van der Waals surface area contributed by atoms with Crippen LogP contribution in [-0.4, -0.2) is 54.1 Å². The second kappa shape index (κ2) is 7.23. The topological polar surface area (TPSA) is 107 Å². The van der Waals surface area contributed by atoms with Crippen molar-refractivity contribution in [3.63, 3.8) is 0 Å². The third-order valence-corrected chi connectivity index (χ3v) is 3.28. The van der Waals surface area contributed by atoms with Crippen LogP contribution >= 0.6 is 11.6 Å². The molecule has 0 spiro atoms. The smallest absolute Gasteiger partial charge is 0.274 e. The molecule has 0 fully saturated rings. The van der Waals surface area contributed by atoms with Gasteiger partial charge in [-0.1, -0.05) is 11.6 Å². The monoisotopic (exact) mass is 414 g/mol. The molecule has 1 heterocycles. The van der Waals surface area contributed by atoms with E-state index in [1.54, 1.807) is 0 Å². The first-order chi connectivity index (χ1) is 8.62. The molecule has 1 unspecified atom stereocenters. The van der Waals surface area contributed by atoms with E-state index in [1.807, 2.05) is 28.1 Å². The SMILES string of the molecule is CC(CNC(=O)c1nc(Cl)c(N)nc1N)[N+](C)(C)C.[I-]. The largest absolute Gasteiger partial charge is 1.00 e. The Morgan fingerprint density at radius 2 is 1.85 bits per heavy atom. The van der Waals surface area contributed by atoms with Gasteiger partial charge in [0, 0.05) is 0 Å². The number of rotatable bonds is 4. The van der Waals surface area contributed by atoms with Crippen LogP contribution in [0.1, 0.15) is 17.4 Å². The van der Waals surface area contributed by atoms with E-state index in [-0.39, 0.29) is 52.5 Å². The second-order valence-electron chi connectivity index (χ2n) is 5.31. The van der Waals surface area contributed by atoms with Gasteiger partial charge in [-0.15, -0.1) is 0 Å². The Bertz CT molecular complexity index is 491. The molecule has 1 rings (SSSR count). The van der Waals surface area contributed by atoms with Crippen molar-refractivity contribution in [1.29, 1.82) is 0 Å². The van der Waals surface area contributed by atoms with Gasteiger partial charge in [-0.25, -0.2) is 9.97 Å². The molecule has 1 aromatic heterocycles. The van der Waals surface area contributed by atoms with Crippen molar-refractivity contribution in [2.75, 3.05) is 39.2 Å². The fraction of sp³-hybridized carbons (Fsp3) is 0.545. The van der Waals surface area contributed by atoms with Gasteiger partial charge in [0.2, 0.25) is 0 Å². The highest BCUT2D eigenvalue weighted by Gasteiger charge is 2.21. The lowest BCUT2D eigenvalue weighted by Crippen LogP contribution is -3.00. The van der Waals surface area contributed by atoms with E-state index in [1.165, 1.54) is 0 Å². The first-order valence-corrected chi connectivity index (χ1v) is 6.18. The molecule has 0 saturated carbocycles. The van der Waals surface area contributed by atoms with Crippen LogP contribution < -0.4 is 40.8 Å². The van der Waals surface area contributed by atoms with Crippen LogP contribution in [0.25, 0.3) is 0 Å². The highest BCUT2D eigenvalue weighted by molar-refractivity contribution is 6.31. The molecule has 0 aliphatic rings. The summed E-state index contributed by atoms with van der Waals surface area (Å²) in [6.07, 6.45) is 0. The van der Waals surface area contributed by atoms with Gasteiger partial charge in [0.15, 0.2) is 22.5 Å². The standard InChI is InChI=1S/C11H19ClN6O.HI/c1-6(18(2,3)4)5-15-11(19)7-9(13)17-10(14)8(12)16-7;/h6H,5H2,1-4H3,(H4-,13,14,15,17,19);1H. The van der Waals surface area contributed by atoms with Crippen molar-refractivity contribution in [3.05, 3.63) is 10.8 Å². The first kappa shape index (κ1) is 19.1. The first-order valence-electron chi connectivity index (χ1n) is 5.80. The molecule has 0 aliphatic heterocycles. The molecule has 20 heavy (non-hydrogen) atoms. The summed E-state index contributed by atoms with van der Waals surface area (Å²) >= 11 is 5.73. The van der Waals surface area contributed by atoms with Crippen molar-refractivity contribution in [2.45, 2.75) is 13.0 Å². The number of nitrogens with zero attached hydrogens (tertiary/aromatic N) is 3. The fourth-order valence-corrected chi connectivity index (χ4v) is 1.33. The van der Waals surface area contributed by atoms with Crippen LogP contribution in [0.4, 0.5) is 11.6 Å². The molecule has 1 amide bonds. The van der Waals surface area contributed by atoms with Crippen molar-refractivity contribution in [1.82, 2.24) is 15.3 Å². The lowest BCUT2D eigenvalue weighted by atomic mass is 10.2. The summed E-state index contributed by atoms with van der Waals surface area (Å²) in [6.45, 7) is 2.52. The highest BCUT2D eigenvalue weighted by Crippen LogP contribution is 2.17. The highest BCUT2D eigenvalue weighted by atomic mass is 127. The fourth-order valence-electron chi connectivity index (χ4n) is 1.21. The van der Waals surface area contributed by atoms with E-state index >= 15 is 0 Å². The van der Waals surface area contributed by atoms with E-state index in [9.17, 15) is 4.79 Å². The summed E-state index contributed by atoms with van der Waals surface area (Å²) in [6, 6.07) is 0.238. The molecule has 0 aromatic carbocycles. The minimum Gasteiger partial charge on any atom is -1.00 e. The Balaban J connectivity index is 0.00000361. The quantitative estimate of drug-likeness (QED) is 0.363. The minimum absolute atomic E-state index is 0. The van der Waals surface area contributed by atoms with Gasteiger partial charge in [-0.05, 0) is 6.92 Å². The van der Waals surface area contributed by atoms with Gasteiger partial charge in [0.25, 0.3) is 5.91 Å². The summed E-state index contributed by atoms with van der Waals surface area (Å²) in [5.74, 6) is -0.431. The molecular formula is C11H20ClIN6O. The van der Waals surface area contributed by atoms with E-state index in [0.29, 0.717) is 6.54 Å². The molecule has 7 nitrogen and oxygen atoms in total. The van der Waals surface area contributed by atoms with Crippen LogP contribution in [0, 0.1) is 0 Å². The normalized spacial score (nSPS) is 12.4. The molecule has 114 valence electrons. The number of aromatic nitrogens is 2. The number of nitrogens with one attached hydrogen (secondary N) is 1. The minimum atomic E-state index is -0.410. The maximum Gasteiger partial charge on any atom is 0.274 e. The van der Waals surface area contributed by atoms with Crippen molar-refractivity contribution in [3.8, 4) is 0 Å². The maximum absolute atomic E-state index is 12.0. The lowest BCUT2D eigenvalue weighted by molar-refractivity contribution is -0.892. The van der Waals surface area contributed by atoms with Crippen LogP contribution in [-0.2, 0) is 0 Å². The molecule has 1 atom stereocenters. The summed E-state index contributed by atoms with van der Waals surface area (Å²) in [5.41, 5.74) is 11.0. The van der Waals surface area contributed by atoms with E-state index in [0.717, 1.165) is 4.48 Å². The molecule has 5 N–H and O–H groups in total. The molecular weight excluding hydrogens is 395 g/mol. The Kier molecular flexibility index (Phi) is 6.91. The third-order valence-electron chi connectivity index (χ3n) is 3.00. The average Bonchev–Trinajstić information content (AvgIpc) is 2.29. The van der Waals surface area contributed by atoms with Crippen LogP contribution in [0.5, 0.6) is 0 Å². The molecule has 0 radical (unpaired) electrons. The number of quaternary nitrogens is 1. The van der Waals surface area contributed by atoms with Gasteiger partial charge in [-0.3, -0.25) is 4.79 Å². The number of anilines is 2. The van der Waals surface area contributed by atoms with Gasteiger partial charge < -0.3 is 45.2 Å². The van der Waals surface area contributed by atoms with E-state index < -0.39 is 5.91 Å². The predicted molar refractivity (Wildman–Crippen MR) is 75.7 cm³/mol. The summed E-state index contributed by atoms with van der Waals surface area (Å²) in [7, 11) is 6.14. The van der Waals surface area contributed by atoms with Crippen molar-refractivity contribution >= 4 is 29.1 Å². The second-order valence-corrected chi connectivity index (χ2v) is 5.67. The van der Waals surface area contributed by atoms with E-state index in [4.69, 9.17) is 23.1 Å². The number of halogens is 2. The zero-order chi connectivity index (χ0) is 14.8. The average molecular weight is 415 g/mol. The van der Waals surface area contributed by atoms with Crippen molar-refractivity contribution in [2.24, 2.45) is 0 Å². The van der Waals surface area contributed by atoms with Crippen molar-refractivity contribution < 1.29 is 33.3 Å². The summed E-state index contributed by atoms with van der Waals surface area (Å²) in [5, 5.41) is 2.73. The maximum atomic E-state index is 12.0. The number of carbonyl (C=O) groups is 1. The molecule has 9 heteroatoms. The van der Waals surface area contributed by atoms with Crippen LogP contribution in [0.15, 0.2) is 0 Å². The molecule has 0 aliphatic carbocycles. The Morgan fingerprint density at radius 1 is 1.30 bits per heavy atom. The summed E-state index contributed by atoms with van der Waals surface area (Å²) in [4.78, 5) is 19.6. The predicted octanol–water partition coefficient (Wildman–Crippen LogP) is -2.88. The number of nitrogen functional groups attached to an aromatic ring is 2. The molecule has 1 aromatic rings. The summed E-state index contributed by atoms with van der Waals surface area (Å²) < 4.78 is 0.726. The molecule has 0 bridgehead atoms. The number of amides is 1. The zero-order valence-electron chi connectivity index (χ0n) is 11.9. The number of likely N-dealkylation sites (N-methyl/N-ethyl adjacent to an activating group) is 1. The van der Waals surface area contributed by atoms with Crippen LogP contribution in [0.3, 0.4) is 0 Å². The lowest BCUT2D eigenvalue weighted by Gasteiger charge is -2.31. The van der Waals surface area contributed by atoms with Gasteiger partial charge >= 0.3 is 0 Å². The zero-order valence-corrected chi connectivity index (χ0v) is 14.9. The molecule has 0 saturated heterocycles. The third kappa shape index (κ3) is 4.91. The number of hydrogen-bond donors (Lipinski definition) is 3. The Morgan fingerprint density at radius 3 is 2.35 bits per heavy atom. The van der Waals surface area contributed by atoms with Gasteiger partial charge in [0.1, 0.15) is 6.04 Å². The number of carbonyl (C=O) groups excluding carboxylic acids is 1. The Labute approximate surface area is 140 Å². The van der Waals surface area contributed by atoms with E-state index in [2.05, 4.69) is 15.3 Å². The number of nitrogens with two attached hydrogens (primary N) is 2. The van der Waals surface area contributed by atoms with Crippen LogP contribution in [0.2, 0.25) is 5.15 Å².